The number of aryl methyl sites for hydroxylation is 2. The zero-order chi connectivity index (χ0) is 20.3. The monoisotopic (exact) mass is 416 g/mol. The largest absolute Gasteiger partial charge is 0.325 e. The maximum Gasteiger partial charge on any atom is 0.230 e. The number of rotatable bonds is 7. The van der Waals surface area contributed by atoms with Gasteiger partial charge < -0.3 is 5.32 Å². The van der Waals surface area contributed by atoms with Crippen LogP contribution in [0.4, 0.5) is 5.69 Å². The number of amides is 1. The molecule has 0 aliphatic carbocycles. The summed E-state index contributed by atoms with van der Waals surface area (Å²) in [4.78, 5) is 17.1. The highest BCUT2D eigenvalue weighted by molar-refractivity contribution is 7.12. The zero-order valence-electron chi connectivity index (χ0n) is 16.7. The molecule has 0 bridgehead atoms. The number of hydrogen-bond donors (Lipinski definition) is 1. The van der Waals surface area contributed by atoms with Crippen LogP contribution in [0.5, 0.6) is 0 Å². The van der Waals surface area contributed by atoms with Gasteiger partial charge in [0.05, 0.1) is 17.8 Å². The van der Waals surface area contributed by atoms with Crippen LogP contribution in [0.25, 0.3) is 5.13 Å². The minimum Gasteiger partial charge on any atom is -0.325 e. The van der Waals surface area contributed by atoms with E-state index in [1.54, 1.807) is 6.07 Å². The van der Waals surface area contributed by atoms with Crippen LogP contribution in [-0.2, 0) is 17.6 Å². The fourth-order valence-electron chi connectivity index (χ4n) is 3.14. The lowest BCUT2D eigenvalue weighted by molar-refractivity contribution is -0.115. The Morgan fingerprint density at radius 1 is 1.29 bits per heavy atom. The van der Waals surface area contributed by atoms with Crippen molar-refractivity contribution < 1.29 is 4.79 Å². The van der Waals surface area contributed by atoms with Gasteiger partial charge in [-0.1, -0.05) is 31.0 Å². The lowest BCUT2D eigenvalue weighted by Crippen LogP contribution is -2.15. The Hall–Kier alpha value is -2.18. The molecule has 3 rings (SSSR count). The van der Waals surface area contributed by atoms with Gasteiger partial charge in [0.15, 0.2) is 0 Å². The van der Waals surface area contributed by atoms with Crippen LogP contribution in [0.2, 0.25) is 5.02 Å². The molecule has 0 atom stereocenters. The van der Waals surface area contributed by atoms with Gasteiger partial charge >= 0.3 is 0 Å². The number of hydrogen-bond acceptors (Lipinski definition) is 4. The number of carbonyl (C=O) groups excluding carboxylic acids is 1. The highest BCUT2D eigenvalue weighted by Crippen LogP contribution is 2.23. The number of aromatic nitrogens is 3. The molecule has 0 saturated carbocycles. The van der Waals surface area contributed by atoms with Gasteiger partial charge in [-0.3, -0.25) is 4.79 Å². The molecule has 2 aromatic heterocycles. The molecule has 0 fully saturated rings. The Kier molecular flexibility index (Phi) is 6.52. The third kappa shape index (κ3) is 4.62. The van der Waals surface area contributed by atoms with E-state index in [-0.39, 0.29) is 12.3 Å². The third-order valence-electron chi connectivity index (χ3n) is 4.76. The molecule has 0 aliphatic heterocycles. The normalized spacial score (nSPS) is 11.0. The maximum absolute atomic E-state index is 12.4. The molecule has 3 aromatic rings. The van der Waals surface area contributed by atoms with Crippen molar-refractivity contribution in [2.24, 2.45) is 0 Å². The predicted molar refractivity (Wildman–Crippen MR) is 116 cm³/mol. The van der Waals surface area contributed by atoms with Gasteiger partial charge in [-0.05, 0) is 56.9 Å². The summed E-state index contributed by atoms with van der Waals surface area (Å²) in [6.07, 6.45) is 3.56. The minimum atomic E-state index is -0.112. The number of nitrogens with zero attached hydrogens (tertiary/aromatic N) is 3. The standard InChI is InChI=1S/C21H25ClN4OS/c1-5-6-7-18-14(3)25-26(15(18)4)21-23-17(12-28-21)11-20(27)24-19-10-16(22)9-8-13(19)2/h8-10,12H,5-7,11H2,1-4H3,(H,24,27). The van der Waals surface area contributed by atoms with Gasteiger partial charge in [-0.2, -0.15) is 5.10 Å². The van der Waals surface area contributed by atoms with Crippen molar-refractivity contribution in [3.63, 3.8) is 0 Å². The summed E-state index contributed by atoms with van der Waals surface area (Å²) in [5.41, 5.74) is 5.92. The molecule has 0 aliphatic rings. The second-order valence-corrected chi connectivity index (χ2v) is 8.24. The smallest absolute Gasteiger partial charge is 0.230 e. The lowest BCUT2D eigenvalue weighted by atomic mass is 10.1. The molecule has 0 saturated heterocycles. The van der Waals surface area contributed by atoms with Crippen molar-refractivity contribution in [1.82, 2.24) is 14.8 Å². The zero-order valence-corrected chi connectivity index (χ0v) is 18.2. The van der Waals surface area contributed by atoms with Crippen molar-refractivity contribution in [3.05, 3.63) is 56.8 Å². The number of nitrogens with one attached hydrogen (secondary N) is 1. The van der Waals surface area contributed by atoms with Crippen LogP contribution in [0.1, 0.15) is 48.0 Å². The third-order valence-corrected chi connectivity index (χ3v) is 5.86. The average molecular weight is 417 g/mol. The molecule has 0 spiro atoms. The molecular formula is C21H25ClN4OS. The SMILES string of the molecule is CCCCc1c(C)nn(-c2nc(CC(=O)Nc3cc(Cl)ccc3C)cs2)c1C. The van der Waals surface area contributed by atoms with Crippen LogP contribution in [0.15, 0.2) is 23.6 Å². The van der Waals surface area contributed by atoms with E-state index in [0.717, 1.165) is 52.7 Å². The van der Waals surface area contributed by atoms with Gasteiger partial charge in [0, 0.05) is 21.8 Å². The lowest BCUT2D eigenvalue weighted by Gasteiger charge is -2.08. The number of anilines is 1. The Bertz CT molecular complexity index is 992. The fourth-order valence-corrected chi connectivity index (χ4v) is 4.14. The number of carbonyl (C=O) groups is 1. The van der Waals surface area contributed by atoms with E-state index in [0.29, 0.717) is 5.02 Å². The van der Waals surface area contributed by atoms with Gasteiger partial charge in [-0.25, -0.2) is 9.67 Å². The summed E-state index contributed by atoms with van der Waals surface area (Å²) >= 11 is 7.53. The minimum absolute atomic E-state index is 0.112. The summed E-state index contributed by atoms with van der Waals surface area (Å²) < 4.78 is 1.90. The first-order valence-electron chi connectivity index (χ1n) is 9.45. The van der Waals surface area contributed by atoms with Gasteiger partial charge in [0.1, 0.15) is 0 Å². The van der Waals surface area contributed by atoms with Crippen LogP contribution in [0, 0.1) is 20.8 Å². The van der Waals surface area contributed by atoms with E-state index in [1.165, 1.54) is 16.9 Å². The van der Waals surface area contributed by atoms with Crippen molar-refractivity contribution in [1.29, 1.82) is 0 Å². The molecule has 0 unspecified atom stereocenters. The number of halogens is 1. The number of unbranched alkanes of at least 4 members (excludes halogenated alkanes) is 1. The molecule has 0 radical (unpaired) electrons. The quantitative estimate of drug-likeness (QED) is 0.558. The molecule has 1 aromatic carbocycles. The Morgan fingerprint density at radius 3 is 2.82 bits per heavy atom. The van der Waals surface area contributed by atoms with Crippen LogP contribution in [0.3, 0.4) is 0 Å². The number of benzene rings is 1. The average Bonchev–Trinajstić information content (AvgIpc) is 3.21. The highest BCUT2D eigenvalue weighted by atomic mass is 35.5. The summed E-state index contributed by atoms with van der Waals surface area (Å²) in [6, 6.07) is 5.45. The highest BCUT2D eigenvalue weighted by Gasteiger charge is 2.16. The summed E-state index contributed by atoms with van der Waals surface area (Å²) in [5.74, 6) is -0.112. The van der Waals surface area contributed by atoms with Gasteiger partial charge in [0.2, 0.25) is 11.0 Å². The molecule has 1 N–H and O–H groups in total. The predicted octanol–water partition coefficient (Wildman–Crippen LogP) is 5.43. The van der Waals surface area contributed by atoms with E-state index >= 15 is 0 Å². The molecule has 148 valence electrons. The van der Waals surface area contributed by atoms with Gasteiger partial charge in [-0.15, -0.1) is 11.3 Å². The van der Waals surface area contributed by atoms with E-state index < -0.39 is 0 Å². The number of thiazole rings is 1. The van der Waals surface area contributed by atoms with E-state index in [2.05, 4.69) is 29.2 Å². The molecule has 1 amide bonds. The summed E-state index contributed by atoms with van der Waals surface area (Å²) in [7, 11) is 0. The molecule has 5 nitrogen and oxygen atoms in total. The molecule has 7 heteroatoms. The topological polar surface area (TPSA) is 59.8 Å². The maximum atomic E-state index is 12.4. The first kappa shape index (κ1) is 20.6. The molecule has 28 heavy (non-hydrogen) atoms. The van der Waals surface area contributed by atoms with Crippen LogP contribution in [-0.4, -0.2) is 20.7 Å². The van der Waals surface area contributed by atoms with E-state index in [1.807, 2.05) is 36.0 Å². The Morgan fingerprint density at radius 2 is 2.07 bits per heavy atom. The first-order valence-corrected chi connectivity index (χ1v) is 10.7. The summed E-state index contributed by atoms with van der Waals surface area (Å²) in [5, 5.41) is 10.9. The van der Waals surface area contributed by atoms with Crippen molar-refractivity contribution in [3.8, 4) is 5.13 Å². The Balaban J connectivity index is 1.72. The first-order chi connectivity index (χ1) is 13.4. The second kappa shape index (κ2) is 8.88. The van der Waals surface area contributed by atoms with Crippen molar-refractivity contribution in [2.75, 3.05) is 5.32 Å². The molecular weight excluding hydrogens is 392 g/mol. The van der Waals surface area contributed by atoms with Crippen molar-refractivity contribution in [2.45, 2.75) is 53.4 Å². The van der Waals surface area contributed by atoms with E-state index in [4.69, 9.17) is 11.6 Å². The van der Waals surface area contributed by atoms with Crippen LogP contribution < -0.4 is 5.32 Å². The van der Waals surface area contributed by atoms with Gasteiger partial charge in [0.25, 0.3) is 0 Å². The summed E-state index contributed by atoms with van der Waals surface area (Å²) in [6.45, 7) is 8.26. The fraction of sp³-hybridized carbons (Fsp3) is 0.381. The molecule has 2 heterocycles. The Labute approximate surface area is 174 Å². The van der Waals surface area contributed by atoms with E-state index in [9.17, 15) is 4.79 Å². The van der Waals surface area contributed by atoms with Crippen LogP contribution >= 0.6 is 22.9 Å². The second-order valence-electron chi connectivity index (χ2n) is 6.97. The van der Waals surface area contributed by atoms with Crippen molar-refractivity contribution >= 4 is 34.5 Å².